The maximum atomic E-state index is 13.0. The molecule has 2 rings (SSSR count). The van der Waals surface area contributed by atoms with E-state index in [2.05, 4.69) is 0 Å². The Kier molecular flexibility index (Phi) is 3.55. The first-order valence-corrected chi connectivity index (χ1v) is 5.63. The number of carbonyl (C=O) groups excluding carboxylic acids is 1. The van der Waals surface area contributed by atoms with E-state index in [1.54, 1.807) is 13.0 Å². The smallest absolute Gasteiger partial charge is 0.251 e. The van der Waals surface area contributed by atoms with Crippen molar-refractivity contribution in [3.05, 3.63) is 69.6 Å². The molecule has 0 fully saturated rings. The van der Waals surface area contributed by atoms with Crippen molar-refractivity contribution in [1.82, 2.24) is 4.57 Å². The van der Waals surface area contributed by atoms with E-state index >= 15 is 0 Å². The second-order valence-corrected chi connectivity index (χ2v) is 4.22. The number of aromatic nitrogens is 1. The van der Waals surface area contributed by atoms with Gasteiger partial charge in [-0.1, -0.05) is 0 Å². The summed E-state index contributed by atoms with van der Waals surface area (Å²) < 4.78 is 27.0. The molecule has 0 bridgehead atoms. The molecule has 1 aromatic heterocycles. The Morgan fingerprint density at radius 2 is 1.89 bits per heavy atom. The van der Waals surface area contributed by atoms with Crippen LogP contribution in [0.5, 0.6) is 0 Å². The van der Waals surface area contributed by atoms with E-state index < -0.39 is 17.4 Å². The molecule has 0 radical (unpaired) electrons. The van der Waals surface area contributed by atoms with Crippen LogP contribution in [0.4, 0.5) is 8.78 Å². The maximum absolute atomic E-state index is 13.0. The lowest BCUT2D eigenvalue weighted by molar-refractivity contribution is 0.0970. The van der Waals surface area contributed by atoms with Gasteiger partial charge in [-0.05, 0) is 36.8 Å². The number of halogens is 2. The van der Waals surface area contributed by atoms with Gasteiger partial charge in [0.05, 0.1) is 6.54 Å². The van der Waals surface area contributed by atoms with Gasteiger partial charge in [0.25, 0.3) is 5.56 Å². The number of benzene rings is 1. The molecular formula is C14H11F2NO2. The normalized spacial score (nSPS) is 10.5. The molecule has 0 spiro atoms. The van der Waals surface area contributed by atoms with Crippen LogP contribution in [0.3, 0.4) is 0 Å². The molecule has 1 aromatic carbocycles. The second-order valence-electron chi connectivity index (χ2n) is 4.22. The zero-order valence-electron chi connectivity index (χ0n) is 10.2. The number of hydrogen-bond acceptors (Lipinski definition) is 2. The minimum absolute atomic E-state index is 0.0337. The number of pyridine rings is 1. The van der Waals surface area contributed by atoms with Crippen LogP contribution in [0, 0.1) is 18.6 Å². The van der Waals surface area contributed by atoms with E-state index in [0.29, 0.717) is 0 Å². The van der Waals surface area contributed by atoms with E-state index in [-0.39, 0.29) is 17.7 Å². The number of rotatable bonds is 3. The van der Waals surface area contributed by atoms with Crippen LogP contribution in [0.2, 0.25) is 0 Å². The van der Waals surface area contributed by atoms with Crippen LogP contribution in [-0.4, -0.2) is 10.4 Å². The van der Waals surface area contributed by atoms with Crippen LogP contribution in [-0.2, 0) is 6.54 Å². The molecule has 19 heavy (non-hydrogen) atoms. The van der Waals surface area contributed by atoms with Gasteiger partial charge in [-0.25, -0.2) is 8.78 Å². The molecule has 0 amide bonds. The zero-order valence-corrected chi connectivity index (χ0v) is 10.2. The van der Waals surface area contributed by atoms with Crippen molar-refractivity contribution in [2.45, 2.75) is 13.5 Å². The van der Waals surface area contributed by atoms with Crippen LogP contribution in [0.1, 0.15) is 15.9 Å². The number of carbonyl (C=O) groups is 1. The Labute approximate surface area is 108 Å². The summed E-state index contributed by atoms with van der Waals surface area (Å²) in [5.74, 6) is -2.55. The van der Waals surface area contributed by atoms with Crippen LogP contribution in [0.25, 0.3) is 0 Å². The molecule has 3 nitrogen and oxygen atoms in total. The minimum Gasteiger partial charge on any atom is -0.308 e. The average molecular weight is 263 g/mol. The predicted octanol–water partition coefficient (Wildman–Crippen LogP) is 2.32. The topological polar surface area (TPSA) is 39.1 Å². The molecule has 5 heteroatoms. The molecule has 0 saturated heterocycles. The fraction of sp³-hybridized carbons (Fsp3) is 0.143. The van der Waals surface area contributed by atoms with Crippen molar-refractivity contribution < 1.29 is 13.6 Å². The van der Waals surface area contributed by atoms with Crippen molar-refractivity contribution in [2.24, 2.45) is 0 Å². The Morgan fingerprint density at radius 1 is 1.16 bits per heavy atom. The number of aryl methyl sites for hydroxylation is 1. The van der Waals surface area contributed by atoms with Crippen LogP contribution >= 0.6 is 0 Å². The first-order valence-electron chi connectivity index (χ1n) is 5.63. The summed E-state index contributed by atoms with van der Waals surface area (Å²) in [6.45, 7) is 1.56. The molecule has 98 valence electrons. The summed E-state index contributed by atoms with van der Waals surface area (Å²) in [5, 5.41) is 0. The molecule has 2 aromatic rings. The number of nitrogens with zero attached hydrogens (tertiary/aromatic N) is 1. The molecule has 0 aliphatic heterocycles. The quantitative estimate of drug-likeness (QED) is 0.797. The third-order valence-corrected chi connectivity index (χ3v) is 2.71. The van der Waals surface area contributed by atoms with Gasteiger partial charge < -0.3 is 4.57 Å². The molecule has 0 unspecified atom stereocenters. The minimum atomic E-state index is -1.08. The highest BCUT2D eigenvalue weighted by Crippen LogP contribution is 2.09. The highest BCUT2D eigenvalue weighted by Gasteiger charge is 2.11. The first kappa shape index (κ1) is 13.1. The molecule has 0 N–H and O–H groups in total. The van der Waals surface area contributed by atoms with Gasteiger partial charge in [0.15, 0.2) is 17.4 Å². The lowest BCUT2D eigenvalue weighted by Crippen LogP contribution is -2.23. The second kappa shape index (κ2) is 5.14. The van der Waals surface area contributed by atoms with E-state index in [9.17, 15) is 18.4 Å². The zero-order chi connectivity index (χ0) is 14.0. The summed E-state index contributed by atoms with van der Waals surface area (Å²) in [6, 6.07) is 6.01. The van der Waals surface area contributed by atoms with Crippen molar-refractivity contribution in [2.75, 3.05) is 0 Å². The van der Waals surface area contributed by atoms with Gasteiger partial charge in [0, 0.05) is 17.8 Å². The Morgan fingerprint density at radius 3 is 2.53 bits per heavy atom. The molecule has 0 aliphatic rings. The third-order valence-electron chi connectivity index (χ3n) is 2.71. The first-order chi connectivity index (χ1) is 8.97. The van der Waals surface area contributed by atoms with Crippen molar-refractivity contribution in [3.8, 4) is 0 Å². The van der Waals surface area contributed by atoms with Crippen molar-refractivity contribution in [1.29, 1.82) is 0 Å². The SMILES string of the molecule is Cc1ccn(CC(=O)c2ccc(F)c(F)c2)c(=O)c1. The fourth-order valence-corrected chi connectivity index (χ4v) is 1.65. The number of hydrogen-bond donors (Lipinski definition) is 0. The third kappa shape index (κ3) is 2.93. The van der Waals surface area contributed by atoms with Gasteiger partial charge >= 0.3 is 0 Å². The van der Waals surface area contributed by atoms with Gasteiger partial charge in [-0.3, -0.25) is 9.59 Å². The van der Waals surface area contributed by atoms with Crippen LogP contribution < -0.4 is 5.56 Å². The Hall–Kier alpha value is -2.30. The highest BCUT2D eigenvalue weighted by molar-refractivity contribution is 5.95. The number of ketones is 1. The van der Waals surface area contributed by atoms with Crippen LogP contribution in [0.15, 0.2) is 41.3 Å². The predicted molar refractivity (Wildman–Crippen MR) is 66.1 cm³/mol. The molecule has 0 atom stereocenters. The fourth-order valence-electron chi connectivity index (χ4n) is 1.65. The summed E-state index contributed by atoms with van der Waals surface area (Å²) in [6.07, 6.45) is 1.50. The number of Topliss-reactive ketones (excluding diaryl/α,β-unsaturated/α-hetero) is 1. The van der Waals surface area contributed by atoms with Gasteiger partial charge in [0.1, 0.15) is 0 Å². The van der Waals surface area contributed by atoms with E-state index in [1.807, 2.05) is 0 Å². The largest absolute Gasteiger partial charge is 0.308 e. The highest BCUT2D eigenvalue weighted by atomic mass is 19.2. The van der Waals surface area contributed by atoms with E-state index in [0.717, 1.165) is 17.7 Å². The lowest BCUT2D eigenvalue weighted by atomic mass is 10.1. The van der Waals surface area contributed by atoms with Crippen molar-refractivity contribution in [3.63, 3.8) is 0 Å². The molecule has 0 aliphatic carbocycles. The Bertz CT molecular complexity index is 692. The maximum Gasteiger partial charge on any atom is 0.251 e. The summed E-state index contributed by atoms with van der Waals surface area (Å²) >= 11 is 0. The molecular weight excluding hydrogens is 252 g/mol. The average Bonchev–Trinajstić information content (AvgIpc) is 2.36. The summed E-state index contributed by atoms with van der Waals surface area (Å²) in [7, 11) is 0. The Balaban J connectivity index is 2.25. The summed E-state index contributed by atoms with van der Waals surface area (Å²) in [5.41, 5.74) is 0.517. The van der Waals surface area contributed by atoms with E-state index in [1.165, 1.54) is 22.9 Å². The van der Waals surface area contributed by atoms with Gasteiger partial charge in [-0.2, -0.15) is 0 Å². The van der Waals surface area contributed by atoms with Gasteiger partial charge in [-0.15, -0.1) is 0 Å². The van der Waals surface area contributed by atoms with Crippen molar-refractivity contribution >= 4 is 5.78 Å². The van der Waals surface area contributed by atoms with Gasteiger partial charge in [0.2, 0.25) is 0 Å². The molecule has 0 saturated carbocycles. The summed E-state index contributed by atoms with van der Waals surface area (Å²) in [4.78, 5) is 23.5. The standard InChI is InChI=1S/C14H11F2NO2/c1-9-4-5-17(14(19)6-9)8-13(18)10-2-3-11(15)12(16)7-10/h2-7H,8H2,1H3. The lowest BCUT2D eigenvalue weighted by Gasteiger charge is -2.05. The molecule has 1 heterocycles. The monoisotopic (exact) mass is 263 g/mol. The van der Waals surface area contributed by atoms with E-state index in [4.69, 9.17) is 0 Å².